The average molecular weight is 294 g/mol. The fourth-order valence-electron chi connectivity index (χ4n) is 3.09. The standard InChI is InChI=1S/C21H14N2/c1-13-6-8-14(9-7-13)20-21(17-12-15-10-11-16(15)17)23-19-5-3-2-4-18(19)22-20/h2-12H,1H3. The number of aryl methyl sites for hydroxylation is 1. The zero-order chi connectivity index (χ0) is 15.4. The van der Waals surface area contributed by atoms with Crippen molar-refractivity contribution < 1.29 is 0 Å². The monoisotopic (exact) mass is 294 g/mol. The predicted octanol–water partition coefficient (Wildman–Crippen LogP) is 4.87. The maximum atomic E-state index is 4.92. The molecule has 0 amide bonds. The molecule has 0 atom stereocenters. The molecule has 0 aliphatic heterocycles. The molecule has 0 fully saturated rings. The van der Waals surface area contributed by atoms with E-state index in [9.17, 15) is 0 Å². The van der Waals surface area contributed by atoms with E-state index in [1.807, 2.05) is 24.3 Å². The van der Waals surface area contributed by atoms with Crippen molar-refractivity contribution in [3.8, 4) is 22.5 Å². The zero-order valence-corrected chi connectivity index (χ0v) is 12.7. The van der Waals surface area contributed by atoms with Crippen molar-refractivity contribution in [3.05, 3.63) is 82.7 Å². The van der Waals surface area contributed by atoms with Crippen LogP contribution in [0.2, 0.25) is 0 Å². The first-order valence-electron chi connectivity index (χ1n) is 7.78. The normalized spacial score (nSPS) is 11.7. The van der Waals surface area contributed by atoms with Gasteiger partial charge in [-0.25, -0.2) is 9.97 Å². The second-order valence-corrected chi connectivity index (χ2v) is 6.04. The fourth-order valence-corrected chi connectivity index (χ4v) is 3.09. The molecule has 2 aliphatic carbocycles. The van der Waals surface area contributed by atoms with Gasteiger partial charge < -0.3 is 0 Å². The van der Waals surface area contributed by atoms with Gasteiger partial charge in [-0.15, -0.1) is 0 Å². The Morgan fingerprint density at radius 3 is 1.96 bits per heavy atom. The topological polar surface area (TPSA) is 25.8 Å². The van der Waals surface area contributed by atoms with Gasteiger partial charge in [-0.05, 0) is 35.6 Å². The summed E-state index contributed by atoms with van der Waals surface area (Å²) in [5.41, 5.74) is 7.39. The molecule has 0 bridgehead atoms. The van der Waals surface area contributed by atoms with Gasteiger partial charge in [0.1, 0.15) is 0 Å². The maximum absolute atomic E-state index is 4.92. The molecule has 1 aromatic heterocycles. The lowest BCUT2D eigenvalue weighted by molar-refractivity contribution is 1.26. The molecule has 0 radical (unpaired) electrons. The third-order valence-corrected chi connectivity index (χ3v) is 4.48. The summed E-state index contributed by atoms with van der Waals surface area (Å²) in [6.07, 6.45) is 0. The first-order chi connectivity index (χ1) is 11.3. The number of hydrogen-bond acceptors (Lipinski definition) is 2. The van der Waals surface area contributed by atoms with E-state index in [2.05, 4.69) is 49.4 Å². The van der Waals surface area contributed by atoms with E-state index in [4.69, 9.17) is 9.97 Å². The van der Waals surface area contributed by atoms with Gasteiger partial charge in [-0.3, -0.25) is 0 Å². The van der Waals surface area contributed by atoms with Gasteiger partial charge in [0.25, 0.3) is 0 Å². The van der Waals surface area contributed by atoms with Crippen LogP contribution in [-0.4, -0.2) is 9.97 Å². The highest BCUT2D eigenvalue weighted by atomic mass is 14.8. The second-order valence-electron chi connectivity index (χ2n) is 6.04. The van der Waals surface area contributed by atoms with E-state index in [0.29, 0.717) is 0 Å². The smallest absolute Gasteiger partial charge is 0.0979 e. The summed E-state index contributed by atoms with van der Waals surface area (Å²) in [4.78, 5) is 9.83. The van der Waals surface area contributed by atoms with Crippen LogP contribution in [-0.2, 0) is 0 Å². The lowest BCUT2D eigenvalue weighted by Gasteiger charge is -2.15. The van der Waals surface area contributed by atoms with Gasteiger partial charge in [0.2, 0.25) is 0 Å². The molecule has 2 aliphatic rings. The Hall–Kier alpha value is -3.00. The summed E-state index contributed by atoms with van der Waals surface area (Å²) in [6.45, 7) is 2.10. The van der Waals surface area contributed by atoms with Gasteiger partial charge in [0.05, 0.1) is 22.4 Å². The molecule has 1 heterocycles. The van der Waals surface area contributed by atoms with Crippen LogP contribution in [0.1, 0.15) is 5.56 Å². The summed E-state index contributed by atoms with van der Waals surface area (Å²) in [5.74, 6) is 0. The number of hydrogen-bond donors (Lipinski definition) is 0. The Morgan fingerprint density at radius 2 is 1.39 bits per heavy atom. The Kier molecular flexibility index (Phi) is 2.45. The van der Waals surface area contributed by atoms with Crippen LogP contribution in [0.5, 0.6) is 0 Å². The van der Waals surface area contributed by atoms with E-state index in [-0.39, 0.29) is 0 Å². The third-order valence-electron chi connectivity index (χ3n) is 4.48. The quantitative estimate of drug-likeness (QED) is 0.464. The number of benzene rings is 3. The molecule has 23 heavy (non-hydrogen) atoms. The summed E-state index contributed by atoms with van der Waals surface area (Å²) in [6, 6.07) is 23.1. The van der Waals surface area contributed by atoms with E-state index in [1.54, 1.807) is 0 Å². The molecule has 2 nitrogen and oxygen atoms in total. The minimum absolute atomic E-state index is 0.935. The van der Waals surface area contributed by atoms with Crippen molar-refractivity contribution in [1.29, 1.82) is 0 Å². The molecule has 0 spiro atoms. The van der Waals surface area contributed by atoms with Crippen molar-refractivity contribution in [2.24, 2.45) is 0 Å². The van der Waals surface area contributed by atoms with E-state index >= 15 is 0 Å². The number of fused-ring (bicyclic) bond motifs is 1. The Morgan fingerprint density at radius 1 is 0.696 bits per heavy atom. The van der Waals surface area contributed by atoms with Gasteiger partial charge in [-0.1, -0.05) is 54.1 Å². The van der Waals surface area contributed by atoms with Gasteiger partial charge in [0, 0.05) is 11.1 Å². The molecule has 3 aromatic rings. The summed E-state index contributed by atoms with van der Waals surface area (Å²) < 4.78 is 0. The molecule has 0 saturated heterocycles. The van der Waals surface area contributed by atoms with Crippen molar-refractivity contribution in [1.82, 2.24) is 9.97 Å². The van der Waals surface area contributed by atoms with Crippen molar-refractivity contribution in [2.45, 2.75) is 6.92 Å². The lowest BCUT2D eigenvalue weighted by Crippen LogP contribution is -2.00. The number of rotatable bonds is 2. The van der Waals surface area contributed by atoms with Crippen LogP contribution in [0.3, 0.4) is 0 Å². The predicted molar refractivity (Wildman–Crippen MR) is 92.8 cm³/mol. The Balaban J connectivity index is 1.82. The number of nitrogens with zero attached hydrogens (tertiary/aromatic N) is 2. The highest BCUT2D eigenvalue weighted by molar-refractivity contribution is 5.87. The number of aromatic nitrogens is 2. The van der Waals surface area contributed by atoms with Gasteiger partial charge in [-0.2, -0.15) is 0 Å². The van der Waals surface area contributed by atoms with Crippen LogP contribution in [0.25, 0.3) is 33.5 Å². The highest BCUT2D eigenvalue weighted by Crippen LogP contribution is 2.34. The SMILES string of the molecule is Cc1ccc(-c2nc3ccccc3nc2-c2cc3ccc2=3)cc1. The summed E-state index contributed by atoms with van der Waals surface area (Å²) in [5, 5.41) is 2.63. The third kappa shape index (κ3) is 1.82. The molecular weight excluding hydrogens is 280 g/mol. The minimum atomic E-state index is 0.935. The molecule has 2 aromatic carbocycles. The highest BCUT2D eigenvalue weighted by Gasteiger charge is 2.17. The van der Waals surface area contributed by atoms with Crippen molar-refractivity contribution in [2.75, 3.05) is 0 Å². The fraction of sp³-hybridized carbons (Fsp3) is 0.0476. The van der Waals surface area contributed by atoms with Crippen LogP contribution in [0.15, 0.2) is 66.7 Å². The van der Waals surface area contributed by atoms with Crippen LogP contribution >= 0.6 is 0 Å². The second kappa shape index (κ2) is 4.50. The summed E-state index contributed by atoms with van der Waals surface area (Å²) in [7, 11) is 0. The van der Waals surface area contributed by atoms with Crippen LogP contribution in [0.4, 0.5) is 0 Å². The lowest BCUT2D eigenvalue weighted by atomic mass is 9.93. The molecule has 2 heteroatoms. The minimum Gasteiger partial charge on any atom is -0.244 e. The zero-order valence-electron chi connectivity index (χ0n) is 12.7. The van der Waals surface area contributed by atoms with Crippen LogP contribution in [0, 0.1) is 17.4 Å². The Labute approximate surface area is 133 Å². The van der Waals surface area contributed by atoms with E-state index in [1.165, 1.54) is 21.6 Å². The van der Waals surface area contributed by atoms with Gasteiger partial charge in [0.15, 0.2) is 0 Å². The maximum Gasteiger partial charge on any atom is 0.0979 e. The summed E-state index contributed by atoms with van der Waals surface area (Å²) >= 11 is 0. The Bertz CT molecular complexity index is 1160. The van der Waals surface area contributed by atoms with Crippen molar-refractivity contribution >= 4 is 11.0 Å². The largest absolute Gasteiger partial charge is 0.244 e. The average Bonchev–Trinajstić information content (AvgIpc) is 2.57. The molecule has 0 unspecified atom stereocenters. The van der Waals surface area contributed by atoms with E-state index < -0.39 is 0 Å². The molecule has 5 rings (SSSR count). The first-order valence-corrected chi connectivity index (χ1v) is 7.78. The molecule has 108 valence electrons. The number of para-hydroxylation sites is 2. The molecule has 0 saturated carbocycles. The van der Waals surface area contributed by atoms with Gasteiger partial charge >= 0.3 is 0 Å². The molecular formula is C21H14N2. The van der Waals surface area contributed by atoms with Crippen molar-refractivity contribution in [3.63, 3.8) is 0 Å². The van der Waals surface area contributed by atoms with E-state index in [0.717, 1.165) is 28.0 Å². The first kappa shape index (κ1) is 12.5. The van der Waals surface area contributed by atoms with Crippen LogP contribution < -0.4 is 0 Å². The molecule has 0 N–H and O–H groups in total.